The predicted molar refractivity (Wildman–Crippen MR) is 58.8 cm³/mol. The maximum Gasteiger partial charge on any atom is 0.491 e. The van der Waals surface area contributed by atoms with E-state index in [0.717, 1.165) is 0 Å². The van der Waals surface area contributed by atoms with Gasteiger partial charge in [0.2, 0.25) is 0 Å². The Bertz CT molecular complexity index is 554. The Kier molecular flexibility index (Phi) is 3.07. The first kappa shape index (κ1) is 11.6. The molecule has 0 fully saturated rings. The van der Waals surface area contributed by atoms with Gasteiger partial charge in [0.25, 0.3) is 0 Å². The van der Waals surface area contributed by atoms with E-state index >= 15 is 0 Å². The molecule has 0 saturated carbocycles. The summed E-state index contributed by atoms with van der Waals surface area (Å²) in [7, 11) is -1.61. The predicted octanol–water partition coefficient (Wildman–Crippen LogP) is -1.41. The Labute approximate surface area is 96.8 Å². The molecule has 0 spiro atoms. The molecular formula is C9H10BN3O4. The van der Waals surface area contributed by atoms with Gasteiger partial charge in [-0.15, -0.1) is 0 Å². The highest BCUT2D eigenvalue weighted by molar-refractivity contribution is 6.58. The minimum atomic E-state index is -1.61. The standard InChI is InChI=1S/C9H10BN3O4/c1-2-17-9(14)7-8-11-3-6(10(15)16)4-13(8)5-12-7/h3-5,15-16H,2H2,1H3. The largest absolute Gasteiger partial charge is 0.491 e. The van der Waals surface area contributed by atoms with Crippen molar-refractivity contribution in [3.05, 3.63) is 24.4 Å². The van der Waals surface area contributed by atoms with Gasteiger partial charge in [0, 0.05) is 17.9 Å². The second-order valence-corrected chi connectivity index (χ2v) is 3.31. The van der Waals surface area contributed by atoms with Crippen molar-refractivity contribution >= 4 is 24.2 Å². The molecule has 0 aliphatic carbocycles. The number of carbonyl (C=O) groups is 1. The van der Waals surface area contributed by atoms with E-state index in [4.69, 9.17) is 14.8 Å². The average molecular weight is 235 g/mol. The van der Waals surface area contributed by atoms with Crippen LogP contribution in [0.4, 0.5) is 0 Å². The van der Waals surface area contributed by atoms with Gasteiger partial charge in [-0.1, -0.05) is 0 Å². The summed E-state index contributed by atoms with van der Waals surface area (Å²) in [5.74, 6) is -0.556. The summed E-state index contributed by atoms with van der Waals surface area (Å²) >= 11 is 0. The highest BCUT2D eigenvalue weighted by Crippen LogP contribution is 2.06. The summed E-state index contributed by atoms with van der Waals surface area (Å²) in [5, 5.41) is 17.9. The number of aromatic nitrogens is 3. The SMILES string of the molecule is CCOC(=O)c1ncn2cc(B(O)O)cnc12. The van der Waals surface area contributed by atoms with Crippen LogP contribution in [0.2, 0.25) is 0 Å². The lowest BCUT2D eigenvalue weighted by atomic mass is 9.83. The van der Waals surface area contributed by atoms with E-state index < -0.39 is 13.1 Å². The summed E-state index contributed by atoms with van der Waals surface area (Å²) in [6.07, 6.45) is 4.06. The van der Waals surface area contributed by atoms with Gasteiger partial charge in [-0.2, -0.15) is 0 Å². The van der Waals surface area contributed by atoms with Crippen LogP contribution in [0.15, 0.2) is 18.7 Å². The molecule has 2 aromatic rings. The number of ether oxygens (including phenoxy) is 1. The molecule has 0 bridgehead atoms. The van der Waals surface area contributed by atoms with Crippen molar-refractivity contribution in [2.24, 2.45) is 0 Å². The molecule has 88 valence electrons. The lowest BCUT2D eigenvalue weighted by molar-refractivity contribution is 0.0522. The Morgan fingerprint density at radius 3 is 2.94 bits per heavy atom. The Hall–Kier alpha value is -1.93. The first-order valence-electron chi connectivity index (χ1n) is 4.99. The van der Waals surface area contributed by atoms with Gasteiger partial charge in [0.1, 0.15) is 6.33 Å². The lowest BCUT2D eigenvalue weighted by Crippen LogP contribution is -2.31. The highest BCUT2D eigenvalue weighted by atomic mass is 16.5. The molecule has 0 unspecified atom stereocenters. The fourth-order valence-electron chi connectivity index (χ4n) is 1.38. The Morgan fingerprint density at radius 2 is 2.29 bits per heavy atom. The molecule has 2 N–H and O–H groups in total. The first-order chi connectivity index (χ1) is 8.13. The monoisotopic (exact) mass is 235 g/mol. The van der Waals surface area contributed by atoms with Gasteiger partial charge < -0.3 is 14.8 Å². The lowest BCUT2D eigenvalue weighted by Gasteiger charge is -2.01. The van der Waals surface area contributed by atoms with E-state index in [-0.39, 0.29) is 17.8 Å². The van der Waals surface area contributed by atoms with Crippen molar-refractivity contribution in [2.45, 2.75) is 6.92 Å². The molecule has 0 radical (unpaired) electrons. The van der Waals surface area contributed by atoms with Crippen molar-refractivity contribution in [3.63, 3.8) is 0 Å². The third kappa shape index (κ3) is 2.13. The summed E-state index contributed by atoms with van der Waals surface area (Å²) in [6, 6.07) is 0. The third-order valence-corrected chi connectivity index (χ3v) is 2.16. The van der Waals surface area contributed by atoms with Crippen molar-refractivity contribution in [1.82, 2.24) is 14.4 Å². The smallest absolute Gasteiger partial charge is 0.461 e. The van der Waals surface area contributed by atoms with Gasteiger partial charge in [0.05, 0.1) is 6.61 Å². The molecule has 8 heteroatoms. The van der Waals surface area contributed by atoms with Gasteiger partial charge in [0.15, 0.2) is 11.3 Å². The van der Waals surface area contributed by atoms with Crippen molar-refractivity contribution in [2.75, 3.05) is 6.61 Å². The van der Waals surface area contributed by atoms with E-state index in [1.165, 1.54) is 23.1 Å². The number of nitrogens with zero attached hydrogens (tertiary/aromatic N) is 3. The molecule has 7 nitrogen and oxygen atoms in total. The van der Waals surface area contributed by atoms with E-state index in [9.17, 15) is 4.79 Å². The highest BCUT2D eigenvalue weighted by Gasteiger charge is 2.18. The molecule has 2 aromatic heterocycles. The van der Waals surface area contributed by atoms with Gasteiger partial charge in [-0.3, -0.25) is 4.40 Å². The van der Waals surface area contributed by atoms with E-state index in [1.807, 2.05) is 0 Å². The minimum absolute atomic E-state index is 0.103. The topological polar surface area (TPSA) is 97.0 Å². The average Bonchev–Trinajstić information content (AvgIpc) is 2.71. The van der Waals surface area contributed by atoms with Gasteiger partial charge in [-0.05, 0) is 6.92 Å². The quantitative estimate of drug-likeness (QED) is 0.500. The second-order valence-electron chi connectivity index (χ2n) is 3.31. The molecule has 0 aliphatic heterocycles. The molecule has 0 aliphatic rings. The van der Waals surface area contributed by atoms with Crippen LogP contribution in [0.25, 0.3) is 5.65 Å². The van der Waals surface area contributed by atoms with Crippen LogP contribution in [-0.2, 0) is 4.74 Å². The molecular weight excluding hydrogens is 225 g/mol. The number of hydrogen-bond donors (Lipinski definition) is 2. The molecule has 17 heavy (non-hydrogen) atoms. The maximum absolute atomic E-state index is 11.5. The summed E-state index contributed by atoms with van der Waals surface area (Å²) in [4.78, 5) is 19.3. The Balaban J connectivity index is 2.45. The van der Waals surface area contributed by atoms with Crippen LogP contribution >= 0.6 is 0 Å². The zero-order valence-corrected chi connectivity index (χ0v) is 9.07. The first-order valence-corrected chi connectivity index (χ1v) is 4.99. The van der Waals surface area contributed by atoms with E-state index in [0.29, 0.717) is 5.65 Å². The van der Waals surface area contributed by atoms with Gasteiger partial charge in [-0.25, -0.2) is 14.8 Å². The number of fused-ring (bicyclic) bond motifs is 1. The zero-order valence-electron chi connectivity index (χ0n) is 9.07. The zero-order chi connectivity index (χ0) is 12.4. The van der Waals surface area contributed by atoms with Crippen LogP contribution in [0.3, 0.4) is 0 Å². The van der Waals surface area contributed by atoms with Crippen LogP contribution in [0.5, 0.6) is 0 Å². The van der Waals surface area contributed by atoms with Crippen molar-refractivity contribution in [3.8, 4) is 0 Å². The van der Waals surface area contributed by atoms with Crippen LogP contribution in [-0.4, -0.2) is 44.1 Å². The van der Waals surface area contributed by atoms with Crippen LogP contribution < -0.4 is 5.46 Å². The summed E-state index contributed by atoms with van der Waals surface area (Å²) < 4.78 is 6.25. The van der Waals surface area contributed by atoms with Crippen molar-refractivity contribution < 1.29 is 19.6 Å². The van der Waals surface area contributed by atoms with Crippen molar-refractivity contribution in [1.29, 1.82) is 0 Å². The molecule has 0 atom stereocenters. The fourth-order valence-corrected chi connectivity index (χ4v) is 1.38. The number of carbonyl (C=O) groups excluding carboxylic acids is 1. The maximum atomic E-state index is 11.5. The number of hydrogen-bond acceptors (Lipinski definition) is 6. The summed E-state index contributed by atoms with van der Waals surface area (Å²) in [6.45, 7) is 1.95. The third-order valence-electron chi connectivity index (χ3n) is 2.16. The minimum Gasteiger partial charge on any atom is -0.461 e. The van der Waals surface area contributed by atoms with E-state index in [2.05, 4.69) is 9.97 Å². The fraction of sp³-hybridized carbons (Fsp3) is 0.222. The molecule has 0 aromatic carbocycles. The number of rotatable bonds is 3. The normalized spacial score (nSPS) is 10.5. The number of esters is 1. The second kappa shape index (κ2) is 4.52. The van der Waals surface area contributed by atoms with Gasteiger partial charge >= 0.3 is 13.1 Å². The number of imidazole rings is 1. The summed E-state index contributed by atoms with van der Waals surface area (Å²) in [5.41, 5.74) is 0.629. The molecule has 0 amide bonds. The molecule has 2 rings (SSSR count). The van der Waals surface area contributed by atoms with Crippen LogP contribution in [0.1, 0.15) is 17.4 Å². The molecule has 2 heterocycles. The van der Waals surface area contributed by atoms with E-state index in [1.54, 1.807) is 6.92 Å². The van der Waals surface area contributed by atoms with Crippen LogP contribution in [0, 0.1) is 0 Å². The molecule has 0 saturated heterocycles. The Morgan fingerprint density at radius 1 is 1.53 bits per heavy atom.